The second-order valence-corrected chi connectivity index (χ2v) is 8.24. The molecule has 9 heteroatoms. The van der Waals surface area contributed by atoms with Crippen molar-refractivity contribution >= 4 is 17.6 Å². The summed E-state index contributed by atoms with van der Waals surface area (Å²) in [6.45, 7) is 0.994. The number of esters is 1. The van der Waals surface area contributed by atoms with Crippen LogP contribution in [0.15, 0.2) is 66.7 Å². The van der Waals surface area contributed by atoms with Crippen molar-refractivity contribution in [1.82, 2.24) is 0 Å². The van der Waals surface area contributed by atoms with Crippen LogP contribution in [-0.4, -0.2) is 58.8 Å². The fraction of sp³-hybridized carbons (Fsp3) is 0.321. The molecule has 0 amide bonds. The largest absolute Gasteiger partial charge is 0.495 e. The van der Waals surface area contributed by atoms with Gasteiger partial charge < -0.3 is 33.5 Å². The molecule has 0 bridgehead atoms. The minimum absolute atomic E-state index is 0.0399. The first kappa shape index (κ1) is 28.3. The fourth-order valence-electron chi connectivity index (χ4n) is 3.62. The van der Waals surface area contributed by atoms with Crippen molar-refractivity contribution in [1.29, 1.82) is 0 Å². The highest BCUT2D eigenvalue weighted by atomic mass is 35.5. The molecule has 0 saturated heterocycles. The van der Waals surface area contributed by atoms with Gasteiger partial charge in [-0.05, 0) is 17.2 Å². The predicted octanol–water partition coefficient (Wildman–Crippen LogP) is 4.77. The first-order valence-corrected chi connectivity index (χ1v) is 12.0. The maximum absolute atomic E-state index is 13.3. The van der Waals surface area contributed by atoms with E-state index in [9.17, 15) is 9.90 Å². The van der Waals surface area contributed by atoms with E-state index in [1.165, 1.54) is 13.2 Å². The molecule has 3 aromatic rings. The predicted molar refractivity (Wildman–Crippen MR) is 139 cm³/mol. The summed E-state index contributed by atoms with van der Waals surface area (Å²) in [5, 5.41) is 11.2. The van der Waals surface area contributed by atoms with Gasteiger partial charge in [0.05, 0.1) is 20.3 Å². The summed E-state index contributed by atoms with van der Waals surface area (Å²) in [6, 6.07) is 20.0. The van der Waals surface area contributed by atoms with Gasteiger partial charge in [0.2, 0.25) is 0 Å². The van der Waals surface area contributed by atoms with E-state index in [1.54, 1.807) is 14.2 Å². The van der Waals surface area contributed by atoms with E-state index in [1.807, 2.05) is 60.7 Å². The number of halogens is 1. The molecule has 0 fully saturated rings. The summed E-state index contributed by atoms with van der Waals surface area (Å²) in [4.78, 5) is 13.3. The van der Waals surface area contributed by atoms with Gasteiger partial charge in [0.25, 0.3) is 0 Å². The van der Waals surface area contributed by atoms with E-state index in [0.29, 0.717) is 13.2 Å². The molecule has 0 saturated carbocycles. The average molecular weight is 531 g/mol. The molecule has 37 heavy (non-hydrogen) atoms. The van der Waals surface area contributed by atoms with E-state index >= 15 is 0 Å². The van der Waals surface area contributed by atoms with Gasteiger partial charge in [0.1, 0.15) is 24.0 Å². The Morgan fingerprint density at radius 1 is 0.811 bits per heavy atom. The van der Waals surface area contributed by atoms with Crippen molar-refractivity contribution in [3.8, 4) is 17.2 Å². The van der Waals surface area contributed by atoms with Crippen LogP contribution < -0.4 is 14.2 Å². The lowest BCUT2D eigenvalue weighted by Gasteiger charge is -2.23. The van der Waals surface area contributed by atoms with Crippen molar-refractivity contribution in [2.75, 3.05) is 47.8 Å². The Hall–Kier alpha value is -3.30. The zero-order chi connectivity index (χ0) is 26.6. The van der Waals surface area contributed by atoms with Crippen molar-refractivity contribution in [2.24, 2.45) is 0 Å². The van der Waals surface area contributed by atoms with E-state index in [2.05, 4.69) is 0 Å². The quantitative estimate of drug-likeness (QED) is 0.235. The number of carbonyl (C=O) groups is 1. The zero-order valence-electron chi connectivity index (χ0n) is 21.0. The van der Waals surface area contributed by atoms with Gasteiger partial charge in [-0.25, -0.2) is 4.79 Å². The molecule has 1 unspecified atom stereocenters. The van der Waals surface area contributed by atoms with Gasteiger partial charge in [-0.2, -0.15) is 0 Å². The number of hydrogen-bond acceptors (Lipinski definition) is 8. The molecule has 3 rings (SSSR count). The normalized spacial score (nSPS) is 11.7. The van der Waals surface area contributed by atoms with Gasteiger partial charge >= 0.3 is 5.97 Å². The molecule has 0 aliphatic heterocycles. The number of aliphatic hydroxyl groups is 1. The highest BCUT2D eigenvalue weighted by molar-refractivity contribution is 6.34. The number of rotatable bonds is 14. The topological polar surface area (TPSA) is 92.7 Å². The summed E-state index contributed by atoms with van der Waals surface area (Å²) in [5.74, 6) is -0.414. The Morgan fingerprint density at radius 2 is 1.35 bits per heavy atom. The monoisotopic (exact) mass is 530 g/mol. The average Bonchev–Trinajstić information content (AvgIpc) is 2.93. The molecule has 1 N–H and O–H groups in total. The zero-order valence-corrected chi connectivity index (χ0v) is 21.8. The van der Waals surface area contributed by atoms with Crippen LogP contribution >= 0.6 is 11.6 Å². The summed E-state index contributed by atoms with van der Waals surface area (Å²) in [5.41, 5.74) is 1.58. The molecular formula is C28H31ClO8. The summed E-state index contributed by atoms with van der Waals surface area (Å²) < 4.78 is 32.9. The Balaban J connectivity index is 1.95. The smallest absolute Gasteiger partial charge is 0.340 e. The number of methoxy groups -OCH3 is 3. The number of ether oxygens (including phenoxy) is 6. The third-order valence-electron chi connectivity index (χ3n) is 5.41. The van der Waals surface area contributed by atoms with Crippen LogP contribution in [0, 0.1) is 0 Å². The summed E-state index contributed by atoms with van der Waals surface area (Å²) in [7, 11) is 4.47. The molecule has 0 radical (unpaired) electrons. The molecule has 0 aliphatic carbocycles. The fourth-order valence-corrected chi connectivity index (χ4v) is 3.95. The first-order chi connectivity index (χ1) is 18.0. The lowest BCUT2D eigenvalue weighted by molar-refractivity contribution is -0.158. The number of hydrogen-bond donors (Lipinski definition) is 1. The first-order valence-electron chi connectivity index (χ1n) is 11.6. The Labute approximate surface area is 221 Å². The Kier molecular flexibility index (Phi) is 11.0. The van der Waals surface area contributed by atoms with Crippen LogP contribution in [0.2, 0.25) is 5.02 Å². The molecule has 8 nitrogen and oxygen atoms in total. The van der Waals surface area contributed by atoms with Crippen molar-refractivity contribution < 1.29 is 38.3 Å². The molecular weight excluding hydrogens is 500 g/mol. The molecule has 0 spiro atoms. The van der Waals surface area contributed by atoms with E-state index in [-0.39, 0.29) is 41.0 Å². The van der Waals surface area contributed by atoms with Crippen molar-refractivity contribution in [2.45, 2.75) is 12.2 Å². The Morgan fingerprint density at radius 3 is 1.86 bits per heavy atom. The molecule has 198 valence electrons. The summed E-state index contributed by atoms with van der Waals surface area (Å²) >= 11 is 6.59. The molecule has 3 aromatic carbocycles. The lowest BCUT2D eigenvalue weighted by atomic mass is 10.0. The third-order valence-corrected chi connectivity index (χ3v) is 5.75. The number of benzene rings is 3. The Bertz CT molecular complexity index is 1080. The van der Waals surface area contributed by atoms with Crippen LogP contribution in [-0.2, 0) is 19.0 Å². The van der Waals surface area contributed by atoms with Crippen molar-refractivity contribution in [3.05, 3.63) is 88.4 Å². The third kappa shape index (κ3) is 7.36. The standard InChI is InChI=1S/C28H31ClO8/c1-32-14-16-35-22-18-21(26(34-3)23(29)27(22)36-17-15-33-2)24(30)28(31)37-25(19-10-6-4-7-11-19)20-12-8-5-9-13-20/h4-13,18,24-25,30H,14-17H2,1-3H3. The van der Waals surface area contributed by atoms with E-state index in [4.69, 9.17) is 40.0 Å². The van der Waals surface area contributed by atoms with Crippen LogP contribution in [0.25, 0.3) is 0 Å². The van der Waals surface area contributed by atoms with Crippen LogP contribution in [0.1, 0.15) is 28.9 Å². The molecule has 0 aliphatic rings. The minimum atomic E-state index is -1.72. The SMILES string of the molecule is COCCOc1cc(C(O)C(=O)OC(c2ccccc2)c2ccccc2)c(OC)c(Cl)c1OCCOC. The second kappa shape index (κ2) is 14.4. The number of aliphatic hydroxyl groups excluding tert-OH is 1. The van der Waals surface area contributed by atoms with Crippen molar-refractivity contribution in [3.63, 3.8) is 0 Å². The van der Waals surface area contributed by atoms with Gasteiger partial charge in [0, 0.05) is 19.8 Å². The minimum Gasteiger partial charge on any atom is -0.495 e. The number of carbonyl (C=O) groups excluding carboxylic acids is 1. The molecule has 1 atom stereocenters. The van der Waals surface area contributed by atoms with Crippen LogP contribution in [0.5, 0.6) is 17.2 Å². The van der Waals surface area contributed by atoms with Gasteiger partial charge in [-0.1, -0.05) is 72.3 Å². The van der Waals surface area contributed by atoms with E-state index in [0.717, 1.165) is 11.1 Å². The maximum atomic E-state index is 13.3. The van der Waals surface area contributed by atoms with Crippen LogP contribution in [0.3, 0.4) is 0 Å². The van der Waals surface area contributed by atoms with Gasteiger partial charge in [0.15, 0.2) is 23.7 Å². The maximum Gasteiger partial charge on any atom is 0.340 e. The highest BCUT2D eigenvalue weighted by Crippen LogP contribution is 2.46. The second-order valence-electron chi connectivity index (χ2n) is 7.86. The molecule has 0 aromatic heterocycles. The van der Waals surface area contributed by atoms with E-state index < -0.39 is 18.2 Å². The van der Waals surface area contributed by atoms with Gasteiger partial charge in [-0.15, -0.1) is 0 Å². The highest BCUT2D eigenvalue weighted by Gasteiger charge is 2.31. The van der Waals surface area contributed by atoms with Crippen LogP contribution in [0.4, 0.5) is 0 Å². The summed E-state index contributed by atoms with van der Waals surface area (Å²) in [6.07, 6.45) is -2.46. The van der Waals surface area contributed by atoms with Gasteiger partial charge in [-0.3, -0.25) is 0 Å². The molecule has 0 heterocycles. The lowest BCUT2D eigenvalue weighted by Crippen LogP contribution is -2.20.